The van der Waals surface area contributed by atoms with Gasteiger partial charge in [0.25, 0.3) is 5.50 Å². The predicted molar refractivity (Wildman–Crippen MR) is 38.8 cm³/mol. The minimum absolute atomic E-state index is 0.0707. The molecule has 0 saturated heterocycles. The molecule has 72 valence electrons. The fourth-order valence-electron chi connectivity index (χ4n) is 0.351. The van der Waals surface area contributed by atoms with Gasteiger partial charge in [-0.15, -0.1) is 0 Å². The molecule has 0 aliphatic heterocycles. The molecule has 0 amide bonds. The molecule has 0 aliphatic rings. The third-order valence-corrected chi connectivity index (χ3v) is 2.49. The fourth-order valence-corrected chi connectivity index (χ4v) is 1.56. The Balaban J connectivity index is 4.05. The lowest BCUT2D eigenvalue weighted by Gasteiger charge is -2.08. The van der Waals surface area contributed by atoms with Gasteiger partial charge in [-0.3, -0.25) is 0 Å². The molecule has 8 heteroatoms. The number of hydrogen-bond acceptors (Lipinski definition) is 6. The number of esters is 1. The summed E-state index contributed by atoms with van der Waals surface area (Å²) in [4.78, 5) is 10.4. The highest BCUT2D eigenvalue weighted by Gasteiger charge is 2.22. The lowest BCUT2D eigenvalue weighted by atomic mass is 10.7. The average molecular weight is 217 g/mol. The van der Waals surface area contributed by atoms with Crippen LogP contribution in [0.5, 0.6) is 0 Å². The van der Waals surface area contributed by atoms with E-state index in [0.29, 0.717) is 0 Å². The number of rotatable bonds is 4. The Kier molecular flexibility index (Phi) is 4.50. The molecule has 1 unspecified atom stereocenters. The summed E-state index contributed by atoms with van der Waals surface area (Å²) in [7, 11) is -5.42. The summed E-state index contributed by atoms with van der Waals surface area (Å²) >= 11 is 0. The van der Waals surface area contributed by atoms with Crippen LogP contribution in [0.25, 0.3) is 0 Å². The van der Waals surface area contributed by atoms with Crippen molar-refractivity contribution in [2.24, 2.45) is 0 Å². The van der Waals surface area contributed by atoms with E-state index in [2.05, 4.69) is 4.74 Å². The molecule has 0 N–H and O–H groups in total. The number of halogens is 1. The zero-order chi connectivity index (χ0) is 9.78. The van der Waals surface area contributed by atoms with Crippen LogP contribution in [0.4, 0.5) is 4.39 Å². The quantitative estimate of drug-likeness (QED) is 0.375. The van der Waals surface area contributed by atoms with Crippen molar-refractivity contribution in [3.05, 3.63) is 0 Å². The van der Waals surface area contributed by atoms with Crippen molar-refractivity contribution in [2.75, 3.05) is 6.61 Å². The molecule has 0 aliphatic carbocycles. The Labute approximate surface area is 72.4 Å². The first-order valence-electron chi connectivity index (χ1n) is 2.81. The van der Waals surface area contributed by atoms with Crippen LogP contribution in [0.2, 0.25) is 0 Å². The third kappa shape index (κ3) is 5.33. The summed E-state index contributed by atoms with van der Waals surface area (Å²) in [5.41, 5.74) is -2.47. The van der Waals surface area contributed by atoms with Crippen LogP contribution in [0.3, 0.4) is 0 Å². The van der Waals surface area contributed by atoms with Crippen LogP contribution in [0.15, 0.2) is 0 Å². The van der Waals surface area contributed by atoms with Gasteiger partial charge in [-0.1, -0.05) is 0 Å². The molecular formula is C4H6FO5S2-. The average Bonchev–Trinajstić information content (AvgIpc) is 1.84. The molecule has 0 spiro atoms. The largest absolute Gasteiger partial charge is 0.739 e. The molecule has 0 saturated carbocycles. The summed E-state index contributed by atoms with van der Waals surface area (Å²) in [6, 6.07) is 0. The van der Waals surface area contributed by atoms with E-state index in [0.717, 1.165) is 0 Å². The SMILES string of the molecule is CCOC(=O)C(F)SS(=O)(=O)[O-]. The van der Waals surface area contributed by atoms with Gasteiger partial charge in [0.15, 0.2) is 9.15 Å². The van der Waals surface area contributed by atoms with Crippen LogP contribution in [-0.4, -0.2) is 31.1 Å². The van der Waals surface area contributed by atoms with Crippen molar-refractivity contribution in [1.29, 1.82) is 0 Å². The van der Waals surface area contributed by atoms with Crippen molar-refractivity contribution in [3.63, 3.8) is 0 Å². The molecule has 0 aromatic heterocycles. The van der Waals surface area contributed by atoms with Gasteiger partial charge in [0.05, 0.1) is 6.61 Å². The van der Waals surface area contributed by atoms with Crippen molar-refractivity contribution in [2.45, 2.75) is 12.4 Å². The Bertz CT molecular complexity index is 248. The summed E-state index contributed by atoms with van der Waals surface area (Å²) in [6.07, 6.45) is 0. The Morgan fingerprint density at radius 3 is 2.58 bits per heavy atom. The third-order valence-electron chi connectivity index (χ3n) is 0.674. The molecule has 0 aromatic rings. The van der Waals surface area contributed by atoms with Gasteiger partial charge in [-0.2, -0.15) is 0 Å². The second-order valence-corrected chi connectivity index (χ2v) is 4.80. The zero-order valence-corrected chi connectivity index (χ0v) is 7.65. The van der Waals surface area contributed by atoms with Gasteiger partial charge in [-0.05, 0) is 6.92 Å². The Morgan fingerprint density at radius 2 is 2.25 bits per heavy atom. The molecule has 0 bridgehead atoms. The molecule has 12 heavy (non-hydrogen) atoms. The second kappa shape index (κ2) is 4.63. The minimum Gasteiger partial charge on any atom is -0.739 e. The first-order chi connectivity index (χ1) is 5.37. The Morgan fingerprint density at radius 1 is 1.75 bits per heavy atom. The van der Waals surface area contributed by atoms with Crippen molar-refractivity contribution in [1.82, 2.24) is 0 Å². The Hall–Kier alpha value is -0.340. The summed E-state index contributed by atoms with van der Waals surface area (Å²) in [6.45, 7) is 1.36. The molecular weight excluding hydrogens is 211 g/mol. The van der Waals surface area contributed by atoms with Gasteiger partial charge in [0.2, 0.25) is 0 Å². The van der Waals surface area contributed by atoms with Crippen LogP contribution in [-0.2, 0) is 18.7 Å². The van der Waals surface area contributed by atoms with Crippen molar-refractivity contribution in [3.8, 4) is 0 Å². The van der Waals surface area contributed by atoms with E-state index in [1.54, 1.807) is 0 Å². The molecule has 5 nitrogen and oxygen atoms in total. The monoisotopic (exact) mass is 217 g/mol. The van der Waals surface area contributed by atoms with E-state index >= 15 is 0 Å². The van der Waals surface area contributed by atoms with Crippen molar-refractivity contribution >= 4 is 25.9 Å². The maximum absolute atomic E-state index is 12.4. The summed E-state index contributed by atoms with van der Waals surface area (Å²) in [5.74, 6) is -1.36. The number of alkyl halides is 1. The lowest BCUT2D eigenvalue weighted by molar-refractivity contribution is -0.145. The first kappa shape index (κ1) is 11.7. The van der Waals surface area contributed by atoms with Crippen LogP contribution in [0.1, 0.15) is 6.92 Å². The fraction of sp³-hybridized carbons (Fsp3) is 0.750. The van der Waals surface area contributed by atoms with E-state index in [9.17, 15) is 22.2 Å². The molecule has 0 radical (unpaired) electrons. The molecule has 0 fully saturated rings. The molecule has 0 rings (SSSR count). The van der Waals surface area contributed by atoms with Gasteiger partial charge in [0, 0.05) is 10.8 Å². The number of hydrogen-bond donors (Lipinski definition) is 0. The minimum atomic E-state index is -4.80. The van der Waals surface area contributed by atoms with Crippen LogP contribution >= 0.6 is 10.8 Å². The standard InChI is InChI=1S/C4H7FO5S2/c1-2-10-4(6)3(5)11-12(7,8)9/h3H,2H2,1H3,(H,7,8,9)/p-1. The summed E-state index contributed by atoms with van der Waals surface area (Å²) in [5, 5.41) is 0. The van der Waals surface area contributed by atoms with Gasteiger partial charge in [-0.25, -0.2) is 17.6 Å². The lowest BCUT2D eigenvalue weighted by Crippen LogP contribution is -2.17. The molecule has 1 atom stereocenters. The van der Waals surface area contributed by atoms with Gasteiger partial charge in [0.1, 0.15) is 0 Å². The topological polar surface area (TPSA) is 83.5 Å². The zero-order valence-electron chi connectivity index (χ0n) is 6.02. The smallest absolute Gasteiger partial charge is 0.352 e. The van der Waals surface area contributed by atoms with E-state index in [1.165, 1.54) is 6.92 Å². The highest BCUT2D eigenvalue weighted by atomic mass is 33.1. The normalized spacial score (nSPS) is 13.9. The highest BCUT2D eigenvalue weighted by molar-refractivity contribution is 8.70. The number of ether oxygens (including phenoxy) is 1. The highest BCUT2D eigenvalue weighted by Crippen LogP contribution is 2.19. The molecule has 0 aromatic carbocycles. The number of carbonyl (C=O) groups excluding carboxylic acids is 1. The van der Waals surface area contributed by atoms with E-state index in [1.807, 2.05) is 0 Å². The summed E-state index contributed by atoms with van der Waals surface area (Å²) < 4.78 is 46.2. The van der Waals surface area contributed by atoms with Crippen LogP contribution < -0.4 is 0 Å². The number of carbonyl (C=O) groups is 1. The van der Waals surface area contributed by atoms with E-state index in [4.69, 9.17) is 0 Å². The van der Waals surface area contributed by atoms with Gasteiger partial charge < -0.3 is 9.29 Å². The second-order valence-electron chi connectivity index (χ2n) is 1.57. The molecule has 0 heterocycles. The maximum Gasteiger partial charge on any atom is 0.352 e. The van der Waals surface area contributed by atoms with Crippen LogP contribution in [0, 0.1) is 0 Å². The first-order valence-corrected chi connectivity index (χ1v) is 5.62. The maximum atomic E-state index is 12.4. The predicted octanol–water partition coefficient (Wildman–Crippen LogP) is 0.0385. The van der Waals surface area contributed by atoms with E-state index < -0.39 is 31.4 Å². The van der Waals surface area contributed by atoms with Gasteiger partial charge >= 0.3 is 5.97 Å². The van der Waals surface area contributed by atoms with Crippen molar-refractivity contribution < 1.29 is 26.9 Å². The van der Waals surface area contributed by atoms with E-state index in [-0.39, 0.29) is 6.61 Å².